The quantitative estimate of drug-likeness (QED) is 0.113. The summed E-state index contributed by atoms with van der Waals surface area (Å²) in [4.78, 5) is 11.9. The monoisotopic (exact) mass is 474 g/mol. The van der Waals surface area contributed by atoms with Crippen LogP contribution in [0.25, 0.3) is 0 Å². The fourth-order valence-corrected chi connectivity index (χ4v) is 3.95. The molecule has 0 radical (unpaired) electrons. The normalized spacial score (nSPS) is 11.7. The third kappa shape index (κ3) is 15.0. The molecule has 0 heterocycles. The lowest BCUT2D eigenvalue weighted by atomic mass is 10.0. The number of hydrogen-bond acceptors (Lipinski definition) is 2. The summed E-state index contributed by atoms with van der Waals surface area (Å²) in [7, 11) is 0. The van der Waals surface area contributed by atoms with Crippen molar-refractivity contribution in [2.45, 2.75) is 122 Å². The smallest absolute Gasteiger partial charge is 0.416 e. The van der Waals surface area contributed by atoms with Crippen molar-refractivity contribution in [3.8, 4) is 0 Å². The summed E-state index contributed by atoms with van der Waals surface area (Å²) >= 11 is 0. The van der Waals surface area contributed by atoms with E-state index in [-0.39, 0.29) is 6.61 Å². The minimum absolute atomic E-state index is 0.134. The number of ether oxygens (including phenoxy) is 1. The van der Waals surface area contributed by atoms with E-state index in [0.29, 0.717) is 18.6 Å². The number of halogens is 4. The number of carbonyl (C=O) groups is 1. The molecule has 1 aromatic carbocycles. The van der Waals surface area contributed by atoms with Crippen LogP contribution in [0.3, 0.4) is 0 Å². The van der Waals surface area contributed by atoms with Crippen LogP contribution in [0.5, 0.6) is 0 Å². The zero-order valence-electron chi connectivity index (χ0n) is 20.3. The number of rotatable bonds is 19. The third-order valence-electron chi connectivity index (χ3n) is 5.94. The molecule has 6 heteroatoms. The Morgan fingerprint density at radius 2 is 1.12 bits per heavy atom. The van der Waals surface area contributed by atoms with Crippen LogP contribution in [0.1, 0.15) is 132 Å². The molecule has 0 fully saturated rings. The molecule has 0 aromatic heterocycles. The zero-order valence-corrected chi connectivity index (χ0v) is 20.3. The SMILES string of the molecule is CCCCCCCCCCCCCCCCCCCOC(=O)c1cc(F)cc(C(F)(F)F)c1. The molecule has 0 aliphatic carbocycles. The Morgan fingerprint density at radius 3 is 1.55 bits per heavy atom. The van der Waals surface area contributed by atoms with Gasteiger partial charge in [0.1, 0.15) is 5.82 Å². The van der Waals surface area contributed by atoms with E-state index in [1.54, 1.807) is 0 Å². The highest BCUT2D eigenvalue weighted by atomic mass is 19.4. The lowest BCUT2D eigenvalue weighted by molar-refractivity contribution is -0.137. The fourth-order valence-electron chi connectivity index (χ4n) is 3.95. The van der Waals surface area contributed by atoms with Gasteiger partial charge in [-0.15, -0.1) is 0 Å². The molecule has 0 spiro atoms. The predicted octanol–water partition coefficient (Wildman–Crippen LogP) is 9.65. The molecule has 190 valence electrons. The Hall–Kier alpha value is -1.59. The molecule has 0 atom stereocenters. The summed E-state index contributed by atoms with van der Waals surface area (Å²) in [5, 5.41) is 0. The first-order valence-corrected chi connectivity index (χ1v) is 12.9. The average molecular weight is 475 g/mol. The molecule has 33 heavy (non-hydrogen) atoms. The molecule has 2 nitrogen and oxygen atoms in total. The number of carbonyl (C=O) groups excluding carboxylic acids is 1. The highest BCUT2D eigenvalue weighted by Crippen LogP contribution is 2.30. The standard InChI is InChI=1S/C27H42F4O2/c1-2-3-4-5-6-7-8-9-10-11-12-13-14-15-16-17-18-19-33-26(32)23-20-24(27(29,30)31)22-25(28)21-23/h20-22H,2-19H2,1H3. The van der Waals surface area contributed by atoms with Gasteiger partial charge in [0.25, 0.3) is 0 Å². The van der Waals surface area contributed by atoms with Crippen LogP contribution in [-0.4, -0.2) is 12.6 Å². The molecule has 0 N–H and O–H groups in total. The second kappa shape index (κ2) is 17.8. The Labute approximate surface area is 197 Å². The van der Waals surface area contributed by atoms with E-state index >= 15 is 0 Å². The Bertz CT molecular complexity index is 643. The summed E-state index contributed by atoms with van der Waals surface area (Å²) in [5.41, 5.74) is -1.60. The minimum Gasteiger partial charge on any atom is -0.462 e. The Morgan fingerprint density at radius 1 is 0.697 bits per heavy atom. The maximum atomic E-state index is 13.4. The van der Waals surface area contributed by atoms with Crippen LogP contribution < -0.4 is 0 Å². The van der Waals surface area contributed by atoms with Gasteiger partial charge >= 0.3 is 12.1 Å². The Balaban J connectivity index is 1.94. The van der Waals surface area contributed by atoms with Crippen molar-refractivity contribution in [3.05, 3.63) is 35.1 Å². The number of alkyl halides is 3. The van der Waals surface area contributed by atoms with E-state index in [2.05, 4.69) is 6.92 Å². The van der Waals surface area contributed by atoms with Crippen LogP contribution in [0.15, 0.2) is 18.2 Å². The van der Waals surface area contributed by atoms with Crippen LogP contribution in [0, 0.1) is 5.82 Å². The lowest BCUT2D eigenvalue weighted by Crippen LogP contribution is -2.11. The van der Waals surface area contributed by atoms with Gasteiger partial charge in [0.2, 0.25) is 0 Å². The summed E-state index contributed by atoms with van der Waals surface area (Å²) < 4.78 is 56.5. The molecule has 0 unspecified atom stereocenters. The molecule has 0 saturated carbocycles. The minimum atomic E-state index is -4.70. The van der Waals surface area contributed by atoms with Crippen LogP contribution >= 0.6 is 0 Å². The number of esters is 1. The molecule has 0 bridgehead atoms. The number of benzene rings is 1. The summed E-state index contributed by atoms with van der Waals surface area (Å²) in [6.07, 6.45) is 16.5. The summed E-state index contributed by atoms with van der Waals surface area (Å²) in [6.45, 7) is 2.38. The van der Waals surface area contributed by atoms with E-state index in [0.717, 1.165) is 25.3 Å². The molecule has 0 saturated heterocycles. The average Bonchev–Trinajstić information content (AvgIpc) is 2.77. The van der Waals surface area contributed by atoms with Crippen molar-refractivity contribution in [1.82, 2.24) is 0 Å². The zero-order chi connectivity index (χ0) is 24.4. The second-order valence-electron chi connectivity index (χ2n) is 9.02. The van der Waals surface area contributed by atoms with Gasteiger partial charge in [-0.3, -0.25) is 0 Å². The first kappa shape index (κ1) is 29.4. The molecule has 0 aliphatic heterocycles. The molecule has 1 rings (SSSR count). The Kier molecular flexibility index (Phi) is 15.9. The van der Waals surface area contributed by atoms with Crippen molar-refractivity contribution in [2.75, 3.05) is 6.61 Å². The van der Waals surface area contributed by atoms with Crippen LogP contribution in [0.4, 0.5) is 17.6 Å². The van der Waals surface area contributed by atoms with Crippen molar-refractivity contribution in [1.29, 1.82) is 0 Å². The van der Waals surface area contributed by atoms with Crippen LogP contribution in [0.2, 0.25) is 0 Å². The number of unbranched alkanes of at least 4 members (excludes halogenated alkanes) is 16. The largest absolute Gasteiger partial charge is 0.462 e. The highest BCUT2D eigenvalue weighted by molar-refractivity contribution is 5.89. The third-order valence-corrected chi connectivity index (χ3v) is 5.94. The topological polar surface area (TPSA) is 26.3 Å². The van der Waals surface area contributed by atoms with Gasteiger partial charge in [0, 0.05) is 0 Å². The van der Waals surface area contributed by atoms with Gasteiger partial charge in [0.15, 0.2) is 0 Å². The predicted molar refractivity (Wildman–Crippen MR) is 126 cm³/mol. The van der Waals surface area contributed by atoms with Crippen molar-refractivity contribution >= 4 is 5.97 Å². The maximum Gasteiger partial charge on any atom is 0.416 e. The van der Waals surface area contributed by atoms with Crippen LogP contribution in [-0.2, 0) is 10.9 Å². The summed E-state index contributed by atoms with van der Waals surface area (Å²) in [5.74, 6) is -2.02. The molecule has 0 aliphatic rings. The van der Waals surface area contributed by atoms with Crippen molar-refractivity contribution in [2.24, 2.45) is 0 Å². The van der Waals surface area contributed by atoms with E-state index in [4.69, 9.17) is 4.74 Å². The van der Waals surface area contributed by atoms with Gasteiger partial charge in [0.05, 0.1) is 17.7 Å². The highest BCUT2D eigenvalue weighted by Gasteiger charge is 2.32. The number of hydrogen-bond donors (Lipinski definition) is 0. The fraction of sp³-hybridized carbons (Fsp3) is 0.741. The first-order valence-electron chi connectivity index (χ1n) is 12.9. The van der Waals surface area contributed by atoms with E-state index in [1.165, 1.54) is 83.5 Å². The maximum absolute atomic E-state index is 13.4. The van der Waals surface area contributed by atoms with Gasteiger partial charge in [-0.25, -0.2) is 9.18 Å². The van der Waals surface area contributed by atoms with E-state index in [9.17, 15) is 22.4 Å². The van der Waals surface area contributed by atoms with Gasteiger partial charge in [-0.05, 0) is 24.6 Å². The van der Waals surface area contributed by atoms with Crippen molar-refractivity contribution < 1.29 is 27.1 Å². The van der Waals surface area contributed by atoms with Gasteiger partial charge in [-0.1, -0.05) is 110 Å². The molecule has 1 aromatic rings. The van der Waals surface area contributed by atoms with Gasteiger partial charge in [-0.2, -0.15) is 13.2 Å². The van der Waals surface area contributed by atoms with Crippen molar-refractivity contribution in [3.63, 3.8) is 0 Å². The lowest BCUT2D eigenvalue weighted by Gasteiger charge is -2.09. The summed E-state index contributed by atoms with van der Waals surface area (Å²) in [6, 6.07) is 1.76. The molecular formula is C27H42F4O2. The second-order valence-corrected chi connectivity index (χ2v) is 9.02. The van der Waals surface area contributed by atoms with Gasteiger partial charge < -0.3 is 4.74 Å². The first-order chi connectivity index (χ1) is 15.8. The molecular weight excluding hydrogens is 432 g/mol. The van der Waals surface area contributed by atoms with E-state index in [1.807, 2.05) is 0 Å². The van der Waals surface area contributed by atoms with E-state index < -0.39 is 29.1 Å². The molecule has 0 amide bonds.